The van der Waals surface area contributed by atoms with Gasteiger partial charge in [0.1, 0.15) is 11.0 Å². The highest BCUT2D eigenvalue weighted by Gasteiger charge is 2.58. The van der Waals surface area contributed by atoms with Crippen molar-refractivity contribution in [1.29, 1.82) is 5.26 Å². The van der Waals surface area contributed by atoms with Crippen molar-refractivity contribution in [3.63, 3.8) is 0 Å². The topological polar surface area (TPSA) is 111 Å². The van der Waals surface area contributed by atoms with Crippen LogP contribution in [-0.4, -0.2) is 59.4 Å². The summed E-state index contributed by atoms with van der Waals surface area (Å²) in [5.41, 5.74) is 6.32. The zero-order chi connectivity index (χ0) is 25.2. The van der Waals surface area contributed by atoms with Crippen LogP contribution >= 0.6 is 11.6 Å². The van der Waals surface area contributed by atoms with E-state index in [1.807, 2.05) is 18.3 Å². The molecule has 4 aliphatic carbocycles. The van der Waals surface area contributed by atoms with E-state index in [1.165, 1.54) is 0 Å². The first-order valence-corrected chi connectivity index (χ1v) is 13.7. The lowest BCUT2D eigenvalue weighted by Crippen LogP contribution is -2.59. The van der Waals surface area contributed by atoms with Gasteiger partial charge in [-0.15, -0.1) is 0 Å². The van der Waals surface area contributed by atoms with Crippen LogP contribution < -0.4 is 16.0 Å². The predicted molar refractivity (Wildman–Crippen MR) is 139 cm³/mol. The maximum atomic E-state index is 12.4. The van der Waals surface area contributed by atoms with Crippen LogP contribution in [0.25, 0.3) is 0 Å². The number of rotatable bonds is 5. The Labute approximate surface area is 218 Å². The predicted octanol–water partition coefficient (Wildman–Crippen LogP) is 3.03. The van der Waals surface area contributed by atoms with Gasteiger partial charge < -0.3 is 10.6 Å². The zero-order valence-electron chi connectivity index (χ0n) is 21.2. The van der Waals surface area contributed by atoms with E-state index in [1.54, 1.807) is 0 Å². The molecule has 0 spiro atoms. The Morgan fingerprint density at radius 2 is 1.83 bits per heavy atom. The molecular weight excluding hydrogens is 474 g/mol. The molecule has 1 amide bonds. The van der Waals surface area contributed by atoms with Gasteiger partial charge in [-0.1, -0.05) is 11.6 Å². The van der Waals surface area contributed by atoms with Gasteiger partial charge in [-0.05, 0) is 87.7 Å². The van der Waals surface area contributed by atoms with Gasteiger partial charge in [-0.2, -0.15) is 5.26 Å². The second-order valence-corrected chi connectivity index (χ2v) is 12.9. The van der Waals surface area contributed by atoms with Crippen LogP contribution in [0.4, 0.5) is 5.69 Å². The molecule has 4 unspecified atom stereocenters. The molecule has 4 saturated carbocycles. The van der Waals surface area contributed by atoms with Crippen LogP contribution in [0, 0.1) is 46.5 Å². The van der Waals surface area contributed by atoms with Gasteiger partial charge in [-0.25, -0.2) is 4.98 Å². The van der Waals surface area contributed by atoms with E-state index in [4.69, 9.17) is 22.3 Å². The number of amides is 1. The Kier molecular flexibility index (Phi) is 5.73. The lowest BCUT2D eigenvalue weighted by Gasteiger charge is -2.58. The normalized spacial score (nSPS) is 37.7. The van der Waals surface area contributed by atoms with Crippen molar-refractivity contribution in [2.24, 2.45) is 45.7 Å². The molecule has 3 heterocycles. The summed E-state index contributed by atoms with van der Waals surface area (Å²) in [5, 5.41) is 13.1. The number of nitrogens with one attached hydrogen (secondary N) is 1. The lowest BCUT2D eigenvalue weighted by molar-refractivity contribution is -0.144. The molecule has 9 heteroatoms. The highest BCUT2D eigenvalue weighted by molar-refractivity contribution is 6.29. The molecule has 1 aromatic rings. The van der Waals surface area contributed by atoms with Crippen molar-refractivity contribution in [2.45, 2.75) is 57.5 Å². The molecule has 6 fully saturated rings. The Morgan fingerprint density at radius 1 is 1.17 bits per heavy atom. The fourth-order valence-electron chi connectivity index (χ4n) is 8.42. The number of carbonyl (C=O) groups is 1. The average Bonchev–Trinajstić information content (AvgIpc) is 3.41. The van der Waals surface area contributed by atoms with Crippen molar-refractivity contribution in [2.75, 3.05) is 31.1 Å². The summed E-state index contributed by atoms with van der Waals surface area (Å²) >= 11 is 5.97. The van der Waals surface area contributed by atoms with Crippen molar-refractivity contribution in [3.05, 3.63) is 23.5 Å². The number of nitriles is 1. The molecule has 36 heavy (non-hydrogen) atoms. The fourth-order valence-corrected chi connectivity index (χ4v) is 8.53. The fraction of sp³-hybridized carbons (Fsp3) is 0.704. The second kappa shape index (κ2) is 8.59. The number of halogens is 1. The van der Waals surface area contributed by atoms with E-state index >= 15 is 0 Å². The molecule has 1 aromatic heterocycles. The minimum atomic E-state index is -0.372. The molecule has 2 aliphatic heterocycles. The number of pyridine rings is 1. The van der Waals surface area contributed by atoms with Gasteiger partial charge in [0.15, 0.2) is 6.19 Å². The van der Waals surface area contributed by atoms with Crippen LogP contribution in [0.5, 0.6) is 0 Å². The van der Waals surface area contributed by atoms with Crippen LogP contribution in [0.15, 0.2) is 23.3 Å². The Bertz CT molecular complexity index is 1080. The summed E-state index contributed by atoms with van der Waals surface area (Å²) in [6.45, 7) is 8.35. The van der Waals surface area contributed by atoms with Crippen LogP contribution in [0.2, 0.25) is 5.15 Å². The molecule has 6 aliphatic rings. The molecule has 192 valence electrons. The van der Waals surface area contributed by atoms with Gasteiger partial charge >= 0.3 is 0 Å². The molecule has 4 bridgehead atoms. The van der Waals surface area contributed by atoms with Crippen molar-refractivity contribution >= 4 is 29.0 Å². The number of likely N-dealkylation sites (tertiary alicyclic amines) is 1. The maximum absolute atomic E-state index is 12.4. The second-order valence-electron chi connectivity index (χ2n) is 12.5. The first kappa shape index (κ1) is 24.0. The molecule has 8 nitrogen and oxygen atoms in total. The summed E-state index contributed by atoms with van der Waals surface area (Å²) in [6, 6.07) is 4.07. The van der Waals surface area contributed by atoms with Crippen LogP contribution in [0.1, 0.15) is 46.0 Å². The summed E-state index contributed by atoms with van der Waals surface area (Å²) < 4.78 is 0. The third kappa shape index (κ3) is 3.86. The molecule has 3 N–H and O–H groups in total. The van der Waals surface area contributed by atoms with E-state index in [2.05, 4.69) is 40.1 Å². The van der Waals surface area contributed by atoms with E-state index in [0.717, 1.165) is 69.8 Å². The molecule has 0 aromatic carbocycles. The Morgan fingerprint density at radius 3 is 2.39 bits per heavy atom. The van der Waals surface area contributed by atoms with Gasteiger partial charge in [0, 0.05) is 31.6 Å². The average molecular weight is 510 g/mol. The summed E-state index contributed by atoms with van der Waals surface area (Å²) in [7, 11) is 0. The van der Waals surface area contributed by atoms with Gasteiger partial charge in [-0.3, -0.25) is 20.0 Å². The highest BCUT2D eigenvalue weighted by atomic mass is 35.5. The van der Waals surface area contributed by atoms with Gasteiger partial charge in [0.25, 0.3) is 0 Å². The number of primary amides is 1. The van der Waals surface area contributed by atoms with E-state index in [0.29, 0.717) is 34.7 Å². The molecular formula is C27H36ClN7O. The number of nitrogens with two attached hydrogens (primary N) is 1. The van der Waals surface area contributed by atoms with Crippen molar-refractivity contribution in [3.8, 4) is 6.19 Å². The smallest absolute Gasteiger partial charge is 0.223 e. The summed E-state index contributed by atoms with van der Waals surface area (Å²) in [6.07, 6.45) is 8.96. The monoisotopic (exact) mass is 509 g/mol. The van der Waals surface area contributed by atoms with E-state index < -0.39 is 0 Å². The van der Waals surface area contributed by atoms with Gasteiger partial charge in [0.2, 0.25) is 5.91 Å². The maximum Gasteiger partial charge on any atom is 0.223 e. The van der Waals surface area contributed by atoms with Crippen LogP contribution in [-0.2, 0) is 4.79 Å². The standard InChI is InChI=1S/C27H36ClN7O/c1-26(2,35-13-19-11-34(12-20(19)14-35)21-3-4-22(28)31-10-21)25(32-15-29)33-23-17-5-16-6-18(23)9-27(7-16,8-17)24(30)36/h3-4,10,16-20,23H,5-9,11-14H2,1-2H3,(H2,30,36)(H,32,33). The van der Waals surface area contributed by atoms with Crippen LogP contribution in [0.3, 0.4) is 0 Å². The molecule has 2 saturated heterocycles. The molecule has 4 atom stereocenters. The number of hydrogen-bond donors (Lipinski definition) is 2. The number of anilines is 1. The highest BCUT2D eigenvalue weighted by Crippen LogP contribution is 2.60. The minimum absolute atomic E-state index is 0.118. The zero-order valence-corrected chi connectivity index (χ0v) is 21.9. The van der Waals surface area contributed by atoms with Crippen molar-refractivity contribution < 1.29 is 4.79 Å². The number of carbonyl (C=O) groups excluding carboxylic acids is 1. The lowest BCUT2D eigenvalue weighted by atomic mass is 9.48. The van der Waals surface area contributed by atoms with E-state index in [9.17, 15) is 10.1 Å². The first-order chi connectivity index (χ1) is 17.2. The quantitative estimate of drug-likeness (QED) is 0.207. The summed E-state index contributed by atoms with van der Waals surface area (Å²) in [5.74, 6) is 3.16. The number of aromatic nitrogens is 1. The number of amidine groups is 1. The molecule has 7 rings (SSSR count). The van der Waals surface area contributed by atoms with Crippen molar-refractivity contribution in [1.82, 2.24) is 15.2 Å². The molecule has 0 radical (unpaired) electrons. The third-order valence-corrected chi connectivity index (χ3v) is 10.4. The van der Waals surface area contributed by atoms with E-state index in [-0.39, 0.29) is 22.9 Å². The number of hydrogen-bond acceptors (Lipinski definition) is 6. The third-order valence-electron chi connectivity index (χ3n) is 10.1. The first-order valence-electron chi connectivity index (χ1n) is 13.3. The largest absolute Gasteiger partial charge is 0.370 e. The van der Waals surface area contributed by atoms with Gasteiger partial charge in [0.05, 0.1) is 23.5 Å². The summed E-state index contributed by atoms with van der Waals surface area (Å²) in [4.78, 5) is 26.8. The number of aliphatic imine (C=N–C) groups is 1. The number of fused-ring (bicyclic) bond motifs is 1. The Hall–Kier alpha value is -2.37. The number of nitrogens with zero attached hydrogens (tertiary/aromatic N) is 5. The Balaban J connectivity index is 1.18. The minimum Gasteiger partial charge on any atom is -0.370 e. The SMILES string of the molecule is CC(C)(C(=NC1C2CC3CC1CC(C(N)=O)(C3)C2)NC#N)N1CC2CN(c3ccc(Cl)nc3)CC2C1.